The van der Waals surface area contributed by atoms with Crippen LogP contribution >= 0.6 is 22.9 Å². The number of piperazine rings is 1. The Morgan fingerprint density at radius 1 is 1.02 bits per heavy atom. The molecule has 2 heterocycles. The Kier molecular flexibility index (Phi) is 9.15. The number of carbonyl (C=O) groups is 3. The van der Waals surface area contributed by atoms with Crippen LogP contribution in [0.5, 0.6) is 5.06 Å². The van der Waals surface area contributed by atoms with Crippen LogP contribution in [0.3, 0.4) is 0 Å². The molecule has 0 spiro atoms. The highest BCUT2D eigenvalue weighted by Crippen LogP contribution is 2.29. The number of hydrogen-bond donors (Lipinski definition) is 1. The van der Waals surface area contributed by atoms with E-state index < -0.39 is 23.8 Å². The highest BCUT2D eigenvalue weighted by atomic mass is 35.5. The van der Waals surface area contributed by atoms with E-state index in [0.717, 1.165) is 22.5 Å². The molecule has 0 saturated carbocycles. The number of carboxylic acid groups (broad SMARTS) is 1. The molecule has 1 fully saturated rings. The molecule has 1 unspecified atom stereocenters. The molecule has 1 atom stereocenters. The number of benzene rings is 3. The molecule has 5 rings (SSSR count). The summed E-state index contributed by atoms with van der Waals surface area (Å²) >= 11 is 7.05. The summed E-state index contributed by atoms with van der Waals surface area (Å²) in [7, 11) is 0. The van der Waals surface area contributed by atoms with Crippen molar-refractivity contribution in [3.05, 3.63) is 118 Å². The Labute approximate surface area is 256 Å². The number of rotatable bonds is 9. The summed E-state index contributed by atoms with van der Waals surface area (Å²) in [4.78, 5) is 45.5. The first-order valence-electron chi connectivity index (χ1n) is 13.2. The maximum Gasteiger partial charge on any atom is 0.328 e. The zero-order valence-corrected chi connectivity index (χ0v) is 24.3. The summed E-state index contributed by atoms with van der Waals surface area (Å²) in [6.45, 7) is -0.868. The molecule has 3 aromatic carbocycles. The van der Waals surface area contributed by atoms with Gasteiger partial charge in [-0.2, -0.15) is 5.26 Å². The second kappa shape index (κ2) is 13.3. The standard InChI is InChI=1S/C32H25ClN4O5S/c33-27-13-14-30(43-27)42-20-29(39)36-18-26(32(40)41)37(28(38)19-36)17-21-11-12-24(16-34)25(15-21)35-31(22-7-3-1-4-8-22)23-9-5-2-6-10-23/h1-15,26H,17-20H2,(H,40,41). The molecule has 216 valence electrons. The van der Waals surface area contributed by atoms with Crippen molar-refractivity contribution < 1.29 is 24.2 Å². The highest BCUT2D eigenvalue weighted by Gasteiger charge is 2.39. The normalized spacial score (nSPS) is 14.6. The number of nitriles is 1. The van der Waals surface area contributed by atoms with Crippen LogP contribution in [-0.4, -0.2) is 64.1 Å². The number of carbonyl (C=O) groups excluding carboxylic acids is 2. The highest BCUT2D eigenvalue weighted by molar-refractivity contribution is 7.17. The van der Waals surface area contributed by atoms with E-state index in [2.05, 4.69) is 6.07 Å². The molecule has 0 aliphatic carbocycles. The van der Waals surface area contributed by atoms with Crippen molar-refractivity contribution >= 4 is 52.1 Å². The Bertz CT molecular complexity index is 1680. The third-order valence-corrected chi connectivity index (χ3v) is 7.95. The van der Waals surface area contributed by atoms with Crippen molar-refractivity contribution in [3.8, 4) is 11.1 Å². The number of thiophene rings is 1. The molecule has 1 aliphatic heterocycles. The van der Waals surface area contributed by atoms with Crippen molar-refractivity contribution in [1.82, 2.24) is 9.80 Å². The summed E-state index contributed by atoms with van der Waals surface area (Å²) in [5, 5.41) is 20.3. The SMILES string of the molecule is N#Cc1ccc(CN2C(=O)CN(C(=O)COc3ccc(Cl)s3)CC2C(=O)O)cc1N=C(c1ccccc1)c1ccccc1. The lowest BCUT2D eigenvalue weighted by atomic mass is 10.0. The summed E-state index contributed by atoms with van der Waals surface area (Å²) in [6, 6.07) is 28.3. The molecule has 1 saturated heterocycles. The average Bonchev–Trinajstić information content (AvgIpc) is 3.45. The van der Waals surface area contributed by atoms with Gasteiger partial charge in [-0.15, -0.1) is 0 Å². The van der Waals surface area contributed by atoms with Crippen molar-refractivity contribution in [2.24, 2.45) is 4.99 Å². The van der Waals surface area contributed by atoms with Gasteiger partial charge in [0.2, 0.25) is 5.91 Å². The van der Waals surface area contributed by atoms with Gasteiger partial charge >= 0.3 is 5.97 Å². The molecule has 0 radical (unpaired) electrons. The number of ether oxygens (including phenoxy) is 1. The molecule has 2 amide bonds. The number of nitrogens with zero attached hydrogens (tertiary/aromatic N) is 4. The van der Waals surface area contributed by atoms with Gasteiger partial charge in [0.1, 0.15) is 12.1 Å². The molecule has 1 aliphatic rings. The third-order valence-electron chi connectivity index (χ3n) is 6.80. The smallest absolute Gasteiger partial charge is 0.328 e. The molecule has 4 aromatic rings. The van der Waals surface area contributed by atoms with Crippen LogP contribution in [0.25, 0.3) is 0 Å². The lowest BCUT2D eigenvalue weighted by Gasteiger charge is -2.39. The Balaban J connectivity index is 1.39. The van der Waals surface area contributed by atoms with E-state index in [1.54, 1.807) is 30.3 Å². The van der Waals surface area contributed by atoms with E-state index in [0.29, 0.717) is 31.9 Å². The van der Waals surface area contributed by atoms with Gasteiger partial charge in [0.15, 0.2) is 11.7 Å². The van der Waals surface area contributed by atoms with Gasteiger partial charge in [-0.05, 0) is 29.8 Å². The van der Waals surface area contributed by atoms with Crippen molar-refractivity contribution in [3.63, 3.8) is 0 Å². The van der Waals surface area contributed by atoms with Crippen LogP contribution in [0.2, 0.25) is 4.34 Å². The monoisotopic (exact) mass is 612 g/mol. The predicted octanol–water partition coefficient (Wildman–Crippen LogP) is 5.15. The van der Waals surface area contributed by atoms with E-state index in [9.17, 15) is 24.8 Å². The molecule has 0 bridgehead atoms. The van der Waals surface area contributed by atoms with E-state index in [1.165, 1.54) is 9.80 Å². The summed E-state index contributed by atoms with van der Waals surface area (Å²) in [5.41, 5.74) is 3.69. The zero-order valence-electron chi connectivity index (χ0n) is 22.7. The third kappa shape index (κ3) is 7.09. The van der Waals surface area contributed by atoms with Gasteiger partial charge in [0.25, 0.3) is 5.91 Å². The fraction of sp³-hybridized carbons (Fsp3) is 0.156. The summed E-state index contributed by atoms with van der Waals surface area (Å²) < 4.78 is 5.96. The lowest BCUT2D eigenvalue weighted by molar-refractivity contribution is -0.160. The van der Waals surface area contributed by atoms with Gasteiger partial charge in [-0.25, -0.2) is 9.79 Å². The first-order chi connectivity index (χ1) is 20.8. The quantitative estimate of drug-likeness (QED) is 0.261. The van der Waals surface area contributed by atoms with E-state index in [4.69, 9.17) is 21.3 Å². The van der Waals surface area contributed by atoms with E-state index in [1.807, 2.05) is 60.7 Å². The first-order valence-corrected chi connectivity index (χ1v) is 14.4. The first kappa shape index (κ1) is 29.5. The van der Waals surface area contributed by atoms with Gasteiger partial charge in [0, 0.05) is 17.7 Å². The number of carboxylic acids is 1. The van der Waals surface area contributed by atoms with E-state index in [-0.39, 0.29) is 26.2 Å². The Morgan fingerprint density at radius 2 is 1.70 bits per heavy atom. The molecule has 43 heavy (non-hydrogen) atoms. The van der Waals surface area contributed by atoms with Crippen LogP contribution in [-0.2, 0) is 20.9 Å². The number of amides is 2. The van der Waals surface area contributed by atoms with Crippen molar-refractivity contribution in [2.45, 2.75) is 12.6 Å². The van der Waals surface area contributed by atoms with Crippen LogP contribution in [0.15, 0.2) is 96.0 Å². The predicted molar refractivity (Wildman–Crippen MR) is 163 cm³/mol. The lowest BCUT2D eigenvalue weighted by Crippen LogP contribution is -2.60. The number of hydrogen-bond acceptors (Lipinski definition) is 7. The maximum atomic E-state index is 13.2. The number of aliphatic carboxylic acids is 1. The molecule has 1 aromatic heterocycles. The topological polar surface area (TPSA) is 123 Å². The number of halogens is 1. The van der Waals surface area contributed by atoms with Gasteiger partial charge in [-0.1, -0.05) is 89.7 Å². The number of aliphatic imine (C=N–C) groups is 1. The average molecular weight is 613 g/mol. The minimum Gasteiger partial charge on any atom is -0.480 e. The molecule has 11 heteroatoms. The van der Waals surface area contributed by atoms with Crippen LogP contribution < -0.4 is 4.74 Å². The van der Waals surface area contributed by atoms with E-state index >= 15 is 0 Å². The maximum absolute atomic E-state index is 13.2. The molecular formula is C32H25ClN4O5S. The Morgan fingerprint density at radius 3 is 2.28 bits per heavy atom. The van der Waals surface area contributed by atoms with Crippen molar-refractivity contribution in [1.29, 1.82) is 5.26 Å². The van der Waals surface area contributed by atoms with Crippen molar-refractivity contribution in [2.75, 3.05) is 19.7 Å². The minimum absolute atomic E-state index is 0.0394. The largest absolute Gasteiger partial charge is 0.480 e. The van der Waals surface area contributed by atoms with Crippen LogP contribution in [0.4, 0.5) is 5.69 Å². The summed E-state index contributed by atoms with van der Waals surface area (Å²) in [5.74, 6) is -2.26. The van der Waals surface area contributed by atoms with Gasteiger partial charge < -0.3 is 19.6 Å². The minimum atomic E-state index is -1.27. The Hall–Kier alpha value is -4.98. The second-order valence-corrected chi connectivity index (χ2v) is 11.3. The van der Waals surface area contributed by atoms with Gasteiger partial charge in [-0.3, -0.25) is 9.59 Å². The fourth-order valence-electron chi connectivity index (χ4n) is 4.67. The summed E-state index contributed by atoms with van der Waals surface area (Å²) in [6.07, 6.45) is 0. The van der Waals surface area contributed by atoms with Crippen LogP contribution in [0.1, 0.15) is 22.3 Å². The van der Waals surface area contributed by atoms with Gasteiger partial charge in [0.05, 0.1) is 34.4 Å². The zero-order chi connectivity index (χ0) is 30.3. The second-order valence-electron chi connectivity index (χ2n) is 9.65. The fourth-order valence-corrected chi connectivity index (χ4v) is 5.54. The molecular weight excluding hydrogens is 588 g/mol. The molecule has 9 nitrogen and oxygen atoms in total. The van der Waals surface area contributed by atoms with Crippen LogP contribution in [0, 0.1) is 11.3 Å². The molecule has 1 N–H and O–H groups in total.